The van der Waals surface area contributed by atoms with Gasteiger partial charge in [-0.05, 0) is 42.8 Å². The van der Waals surface area contributed by atoms with Gasteiger partial charge in [-0.15, -0.1) is 0 Å². The summed E-state index contributed by atoms with van der Waals surface area (Å²) in [7, 11) is 0. The van der Waals surface area contributed by atoms with Crippen LogP contribution >= 0.6 is 0 Å². The van der Waals surface area contributed by atoms with E-state index in [-0.39, 0.29) is 0 Å². The van der Waals surface area contributed by atoms with Crippen molar-refractivity contribution in [1.29, 1.82) is 0 Å². The Kier molecular flexibility index (Phi) is 4.56. The van der Waals surface area contributed by atoms with E-state index in [0.717, 1.165) is 23.5 Å². The molecule has 0 aliphatic rings. The Bertz CT molecular complexity index is 506. The lowest BCUT2D eigenvalue weighted by molar-refractivity contribution is 0.482. The summed E-state index contributed by atoms with van der Waals surface area (Å²) >= 11 is 0. The standard InChI is InChI=1S/C16H17NO/c17-12-5-4-7-14-8-6-11-16(13-14)18-15-9-2-1-3-10-15/h1-4,6-11,13H,5,12,17H2. The lowest BCUT2D eigenvalue weighted by Gasteiger charge is -2.05. The van der Waals surface area contributed by atoms with Gasteiger partial charge in [0.25, 0.3) is 0 Å². The van der Waals surface area contributed by atoms with Crippen LogP contribution in [-0.4, -0.2) is 6.54 Å². The van der Waals surface area contributed by atoms with Crippen molar-refractivity contribution in [3.63, 3.8) is 0 Å². The molecule has 0 fully saturated rings. The number of hydrogen-bond acceptors (Lipinski definition) is 2. The summed E-state index contributed by atoms with van der Waals surface area (Å²) in [5, 5.41) is 0. The van der Waals surface area contributed by atoms with Crippen LogP contribution in [0.25, 0.3) is 6.08 Å². The fourth-order valence-electron chi connectivity index (χ4n) is 1.62. The summed E-state index contributed by atoms with van der Waals surface area (Å²) in [5.41, 5.74) is 6.57. The van der Waals surface area contributed by atoms with Gasteiger partial charge in [0.15, 0.2) is 0 Å². The van der Waals surface area contributed by atoms with Gasteiger partial charge < -0.3 is 10.5 Å². The zero-order valence-corrected chi connectivity index (χ0v) is 10.3. The molecular weight excluding hydrogens is 222 g/mol. The number of benzene rings is 2. The molecule has 0 radical (unpaired) electrons. The molecule has 2 heteroatoms. The predicted octanol–water partition coefficient (Wildman–Crippen LogP) is 3.84. The Labute approximate surface area is 108 Å². The highest BCUT2D eigenvalue weighted by atomic mass is 16.5. The van der Waals surface area contributed by atoms with Crippen LogP contribution in [0.4, 0.5) is 0 Å². The molecule has 0 aromatic heterocycles. The summed E-state index contributed by atoms with van der Waals surface area (Å²) < 4.78 is 5.77. The lowest BCUT2D eigenvalue weighted by atomic mass is 10.2. The first-order valence-electron chi connectivity index (χ1n) is 6.08. The molecule has 2 N–H and O–H groups in total. The fraction of sp³-hybridized carbons (Fsp3) is 0.125. The largest absolute Gasteiger partial charge is 0.457 e. The maximum absolute atomic E-state index is 5.77. The van der Waals surface area contributed by atoms with E-state index in [1.165, 1.54) is 0 Å². The molecule has 0 aliphatic heterocycles. The second-order valence-electron chi connectivity index (χ2n) is 3.97. The number of para-hydroxylation sites is 1. The maximum Gasteiger partial charge on any atom is 0.128 e. The molecule has 2 aromatic carbocycles. The quantitative estimate of drug-likeness (QED) is 0.860. The molecule has 2 nitrogen and oxygen atoms in total. The fourth-order valence-corrected chi connectivity index (χ4v) is 1.62. The van der Waals surface area contributed by atoms with E-state index in [2.05, 4.69) is 12.2 Å². The van der Waals surface area contributed by atoms with E-state index in [1.807, 2.05) is 54.6 Å². The van der Waals surface area contributed by atoms with E-state index in [9.17, 15) is 0 Å². The van der Waals surface area contributed by atoms with Crippen LogP contribution in [-0.2, 0) is 0 Å². The van der Waals surface area contributed by atoms with Crippen LogP contribution in [0.3, 0.4) is 0 Å². The molecule has 0 bridgehead atoms. The van der Waals surface area contributed by atoms with Crippen LogP contribution in [0.15, 0.2) is 60.7 Å². The third kappa shape index (κ3) is 3.75. The van der Waals surface area contributed by atoms with Gasteiger partial charge in [0.1, 0.15) is 11.5 Å². The summed E-state index contributed by atoms with van der Waals surface area (Å²) in [4.78, 5) is 0. The molecule has 92 valence electrons. The first-order valence-corrected chi connectivity index (χ1v) is 6.08. The van der Waals surface area contributed by atoms with Gasteiger partial charge in [-0.1, -0.05) is 42.5 Å². The minimum absolute atomic E-state index is 0.677. The Morgan fingerprint density at radius 2 is 1.72 bits per heavy atom. The smallest absolute Gasteiger partial charge is 0.128 e. The van der Waals surface area contributed by atoms with Crippen molar-refractivity contribution in [2.24, 2.45) is 5.73 Å². The molecule has 0 saturated heterocycles. The summed E-state index contributed by atoms with van der Waals surface area (Å²) in [6.07, 6.45) is 5.02. The minimum Gasteiger partial charge on any atom is -0.457 e. The molecule has 0 atom stereocenters. The van der Waals surface area contributed by atoms with E-state index in [1.54, 1.807) is 0 Å². The van der Waals surface area contributed by atoms with Crippen molar-refractivity contribution in [2.45, 2.75) is 6.42 Å². The molecule has 2 rings (SSSR count). The summed E-state index contributed by atoms with van der Waals surface area (Å²) in [6, 6.07) is 17.8. The molecule has 0 spiro atoms. The minimum atomic E-state index is 0.677. The van der Waals surface area contributed by atoms with Gasteiger partial charge in [-0.25, -0.2) is 0 Å². The maximum atomic E-state index is 5.77. The van der Waals surface area contributed by atoms with Gasteiger partial charge in [0.05, 0.1) is 0 Å². The third-order valence-corrected chi connectivity index (χ3v) is 2.48. The molecule has 0 unspecified atom stereocenters. The van der Waals surface area contributed by atoms with Crippen LogP contribution < -0.4 is 10.5 Å². The van der Waals surface area contributed by atoms with Crippen molar-refractivity contribution in [3.8, 4) is 11.5 Å². The second kappa shape index (κ2) is 6.62. The van der Waals surface area contributed by atoms with E-state index in [0.29, 0.717) is 6.54 Å². The van der Waals surface area contributed by atoms with Crippen molar-refractivity contribution in [2.75, 3.05) is 6.54 Å². The highest BCUT2D eigenvalue weighted by molar-refractivity contribution is 5.52. The van der Waals surface area contributed by atoms with Gasteiger partial charge in [-0.2, -0.15) is 0 Å². The summed E-state index contributed by atoms with van der Waals surface area (Å²) in [6.45, 7) is 0.677. The number of rotatable bonds is 5. The van der Waals surface area contributed by atoms with E-state index >= 15 is 0 Å². The molecule has 0 aliphatic carbocycles. The third-order valence-electron chi connectivity index (χ3n) is 2.48. The summed E-state index contributed by atoms with van der Waals surface area (Å²) in [5.74, 6) is 1.69. The normalized spacial score (nSPS) is 10.7. The molecule has 0 saturated carbocycles. The van der Waals surface area contributed by atoms with Crippen molar-refractivity contribution >= 4 is 6.08 Å². The molecule has 0 heterocycles. The molecule has 18 heavy (non-hydrogen) atoms. The molecular formula is C16H17NO. The second-order valence-corrected chi connectivity index (χ2v) is 3.97. The Morgan fingerprint density at radius 3 is 2.50 bits per heavy atom. The Morgan fingerprint density at radius 1 is 0.944 bits per heavy atom. The molecule has 0 amide bonds. The zero-order valence-electron chi connectivity index (χ0n) is 10.3. The van der Waals surface area contributed by atoms with Crippen LogP contribution in [0, 0.1) is 0 Å². The SMILES string of the molecule is NCCC=Cc1cccc(Oc2ccccc2)c1. The number of nitrogens with two attached hydrogens (primary N) is 1. The van der Waals surface area contributed by atoms with Gasteiger partial charge in [0.2, 0.25) is 0 Å². The van der Waals surface area contributed by atoms with Crippen LogP contribution in [0.2, 0.25) is 0 Å². The Hall–Kier alpha value is -2.06. The first kappa shape index (κ1) is 12.4. The first-order chi connectivity index (χ1) is 8.88. The van der Waals surface area contributed by atoms with E-state index in [4.69, 9.17) is 10.5 Å². The number of hydrogen-bond donors (Lipinski definition) is 1. The van der Waals surface area contributed by atoms with Crippen LogP contribution in [0.1, 0.15) is 12.0 Å². The highest BCUT2D eigenvalue weighted by Gasteiger charge is 1.96. The van der Waals surface area contributed by atoms with Gasteiger partial charge >= 0.3 is 0 Å². The Balaban J connectivity index is 2.08. The van der Waals surface area contributed by atoms with Crippen molar-refractivity contribution in [3.05, 3.63) is 66.2 Å². The molecule has 2 aromatic rings. The monoisotopic (exact) mass is 239 g/mol. The highest BCUT2D eigenvalue weighted by Crippen LogP contribution is 2.22. The number of ether oxygens (including phenoxy) is 1. The van der Waals surface area contributed by atoms with Crippen molar-refractivity contribution in [1.82, 2.24) is 0 Å². The van der Waals surface area contributed by atoms with Crippen LogP contribution in [0.5, 0.6) is 11.5 Å². The lowest BCUT2D eigenvalue weighted by Crippen LogP contribution is -1.94. The predicted molar refractivity (Wildman–Crippen MR) is 75.7 cm³/mol. The average molecular weight is 239 g/mol. The van der Waals surface area contributed by atoms with Crippen molar-refractivity contribution < 1.29 is 4.74 Å². The van der Waals surface area contributed by atoms with Gasteiger partial charge in [0, 0.05) is 0 Å². The zero-order chi connectivity index (χ0) is 12.6. The average Bonchev–Trinajstić information content (AvgIpc) is 2.41. The van der Waals surface area contributed by atoms with E-state index < -0.39 is 0 Å². The van der Waals surface area contributed by atoms with Gasteiger partial charge in [-0.3, -0.25) is 0 Å². The topological polar surface area (TPSA) is 35.2 Å².